The van der Waals surface area contributed by atoms with Gasteiger partial charge in [-0.3, -0.25) is 14.1 Å². The summed E-state index contributed by atoms with van der Waals surface area (Å²) in [6.07, 6.45) is 9.90. The van der Waals surface area contributed by atoms with Crippen LogP contribution in [0, 0.1) is 0 Å². The molecule has 7 nitrogen and oxygen atoms in total. The van der Waals surface area contributed by atoms with Crippen LogP contribution in [-0.4, -0.2) is 58.5 Å². The molecule has 1 aromatic carbocycles. The topological polar surface area (TPSA) is 88.3 Å². The van der Waals surface area contributed by atoms with E-state index in [1.807, 2.05) is 16.8 Å². The predicted octanol–water partition coefficient (Wildman–Crippen LogP) is 3.01. The van der Waals surface area contributed by atoms with Gasteiger partial charge in [0.05, 0.1) is 6.26 Å². The number of halogens is 1. The quantitative estimate of drug-likeness (QED) is 0.579. The lowest BCUT2D eigenvalue weighted by Gasteiger charge is -2.26. The Kier molecular flexibility index (Phi) is 8.43. The zero-order valence-electron chi connectivity index (χ0n) is 15.3. The Balaban J connectivity index is 0.000000465. The van der Waals surface area contributed by atoms with Crippen LogP contribution in [0.4, 0.5) is 0 Å². The highest BCUT2D eigenvalue weighted by atomic mass is 35.5. The molecule has 2 heterocycles. The number of benzene rings is 1. The van der Waals surface area contributed by atoms with Gasteiger partial charge in [-0.1, -0.05) is 29.8 Å². The number of hydrogen-bond acceptors (Lipinski definition) is 5. The van der Waals surface area contributed by atoms with Crippen LogP contribution in [0.3, 0.4) is 0 Å². The van der Waals surface area contributed by atoms with Gasteiger partial charge in [-0.2, -0.15) is 13.5 Å². The summed E-state index contributed by atoms with van der Waals surface area (Å²) in [5.74, 6) is 0. The van der Waals surface area contributed by atoms with Gasteiger partial charge in [0.1, 0.15) is 12.7 Å². The largest absolute Gasteiger partial charge is 0.299 e. The number of hydrogen-bond donors (Lipinski definition) is 1. The van der Waals surface area contributed by atoms with Crippen LogP contribution in [0.15, 0.2) is 43.0 Å². The summed E-state index contributed by atoms with van der Waals surface area (Å²) in [6, 6.07) is 8.16. The third-order valence-electron chi connectivity index (χ3n) is 4.09. The number of nitrogens with zero attached hydrogens (tertiary/aromatic N) is 4. The summed E-state index contributed by atoms with van der Waals surface area (Å²) in [5.41, 5.74) is 2.74. The van der Waals surface area contributed by atoms with Crippen LogP contribution in [0.5, 0.6) is 0 Å². The number of rotatable bonds is 6. The molecule has 0 unspecified atom stereocenters. The fourth-order valence-corrected chi connectivity index (χ4v) is 2.92. The number of aromatic nitrogens is 3. The molecule has 0 amide bonds. The molecule has 1 aliphatic rings. The van der Waals surface area contributed by atoms with Crippen molar-refractivity contribution in [3.05, 3.63) is 53.6 Å². The molecule has 148 valence electrons. The second-order valence-electron chi connectivity index (χ2n) is 6.39. The van der Waals surface area contributed by atoms with Crippen molar-refractivity contribution in [1.82, 2.24) is 19.7 Å². The monoisotopic (exact) mass is 412 g/mol. The van der Waals surface area contributed by atoms with Crippen LogP contribution in [-0.2, 0) is 16.7 Å². The molecule has 3 rings (SSSR count). The van der Waals surface area contributed by atoms with Crippen molar-refractivity contribution >= 4 is 27.3 Å². The molecule has 0 saturated heterocycles. The van der Waals surface area contributed by atoms with E-state index in [0.717, 1.165) is 44.0 Å². The summed E-state index contributed by atoms with van der Waals surface area (Å²) >= 11 is 5.94. The van der Waals surface area contributed by atoms with Gasteiger partial charge in [-0.25, -0.2) is 4.98 Å². The Hall–Kier alpha value is -1.74. The molecule has 1 aromatic heterocycles. The average Bonchev–Trinajstić information content (AvgIpc) is 3.12. The molecule has 2 aromatic rings. The van der Waals surface area contributed by atoms with Crippen molar-refractivity contribution in [2.24, 2.45) is 0 Å². The molecule has 27 heavy (non-hydrogen) atoms. The van der Waals surface area contributed by atoms with E-state index in [2.05, 4.69) is 33.2 Å². The minimum absolute atomic E-state index is 0.715. The van der Waals surface area contributed by atoms with Crippen molar-refractivity contribution in [3.8, 4) is 0 Å². The maximum Gasteiger partial charge on any atom is 0.261 e. The maximum absolute atomic E-state index is 9.19. The molecule has 0 aliphatic carbocycles. The highest BCUT2D eigenvalue weighted by Crippen LogP contribution is 2.23. The third-order valence-corrected chi connectivity index (χ3v) is 4.34. The Morgan fingerprint density at radius 3 is 2.41 bits per heavy atom. The summed E-state index contributed by atoms with van der Waals surface area (Å²) in [6.45, 7) is 4.29. The van der Waals surface area contributed by atoms with Crippen LogP contribution in [0.25, 0.3) is 5.57 Å². The molecule has 1 aliphatic heterocycles. The van der Waals surface area contributed by atoms with E-state index in [1.165, 1.54) is 17.6 Å². The SMILES string of the molecule is CS(=O)(=O)O.Clc1ccc(C2=CCN(CCCCn3cncn3)CC2)cc1. The molecule has 1 N–H and O–H groups in total. The van der Waals surface area contributed by atoms with E-state index in [1.54, 1.807) is 12.7 Å². The first-order chi connectivity index (χ1) is 12.8. The van der Waals surface area contributed by atoms with Crippen molar-refractivity contribution < 1.29 is 13.0 Å². The number of aryl methyl sites for hydroxylation is 1. The predicted molar refractivity (Wildman–Crippen MR) is 107 cm³/mol. The molecule has 0 spiro atoms. The van der Waals surface area contributed by atoms with Crippen LogP contribution in [0.2, 0.25) is 5.02 Å². The van der Waals surface area contributed by atoms with Crippen LogP contribution >= 0.6 is 11.6 Å². The first kappa shape index (κ1) is 21.6. The van der Waals surface area contributed by atoms with Crippen LogP contribution < -0.4 is 0 Å². The fourth-order valence-electron chi connectivity index (χ4n) is 2.80. The highest BCUT2D eigenvalue weighted by Gasteiger charge is 2.12. The van der Waals surface area contributed by atoms with Gasteiger partial charge >= 0.3 is 0 Å². The van der Waals surface area contributed by atoms with Gasteiger partial charge in [-0.05, 0) is 49.1 Å². The minimum atomic E-state index is -3.67. The first-order valence-corrected chi connectivity index (χ1v) is 11.0. The molecule has 9 heteroatoms. The Labute approximate surface area is 165 Å². The summed E-state index contributed by atoms with van der Waals surface area (Å²) < 4.78 is 27.8. The first-order valence-electron chi connectivity index (χ1n) is 8.73. The maximum atomic E-state index is 9.19. The van der Waals surface area contributed by atoms with Gasteiger partial charge in [-0.15, -0.1) is 0 Å². The zero-order valence-corrected chi connectivity index (χ0v) is 16.9. The number of unbranched alkanes of at least 4 members (excludes halogenated alkanes) is 1. The van der Waals surface area contributed by atoms with Crippen molar-refractivity contribution in [2.75, 3.05) is 25.9 Å². The molecule has 0 fully saturated rings. The Morgan fingerprint density at radius 2 is 1.85 bits per heavy atom. The molecule has 0 bridgehead atoms. The summed E-state index contributed by atoms with van der Waals surface area (Å²) in [5, 5.41) is 4.92. The van der Waals surface area contributed by atoms with E-state index in [4.69, 9.17) is 16.2 Å². The van der Waals surface area contributed by atoms with Gasteiger partial charge in [0, 0.05) is 24.7 Å². The van der Waals surface area contributed by atoms with E-state index in [-0.39, 0.29) is 0 Å². The van der Waals surface area contributed by atoms with Gasteiger partial charge < -0.3 is 0 Å². The standard InChI is InChI=1S/C17H21ClN4.CH4O3S/c18-17-5-3-15(4-6-17)16-7-11-21(12-8-16)9-1-2-10-22-14-19-13-20-22;1-5(2,3)4/h3-7,13-14H,1-2,8-12H2;1H3,(H,2,3,4). The van der Waals surface area contributed by atoms with Gasteiger partial charge in [0.2, 0.25) is 0 Å². The van der Waals surface area contributed by atoms with E-state index in [0.29, 0.717) is 6.26 Å². The minimum Gasteiger partial charge on any atom is -0.299 e. The van der Waals surface area contributed by atoms with Gasteiger partial charge in [0.25, 0.3) is 10.1 Å². The molecule has 0 atom stereocenters. The lowest BCUT2D eigenvalue weighted by atomic mass is 9.99. The lowest BCUT2D eigenvalue weighted by Crippen LogP contribution is -2.29. The van der Waals surface area contributed by atoms with Gasteiger partial charge in [0.15, 0.2) is 0 Å². The molecule has 0 saturated carbocycles. The van der Waals surface area contributed by atoms with Crippen LogP contribution in [0.1, 0.15) is 24.8 Å². The van der Waals surface area contributed by atoms with Crippen molar-refractivity contribution in [1.29, 1.82) is 0 Å². The second kappa shape index (κ2) is 10.6. The third kappa shape index (κ3) is 9.14. The second-order valence-corrected chi connectivity index (χ2v) is 8.29. The lowest BCUT2D eigenvalue weighted by molar-refractivity contribution is 0.291. The molecule has 0 radical (unpaired) electrons. The Morgan fingerprint density at radius 1 is 1.19 bits per heavy atom. The molecular formula is C18H25ClN4O3S. The summed E-state index contributed by atoms with van der Waals surface area (Å²) in [4.78, 5) is 6.47. The smallest absolute Gasteiger partial charge is 0.261 e. The Bertz CT molecular complexity index is 813. The fraction of sp³-hybridized carbons (Fsp3) is 0.444. The average molecular weight is 413 g/mol. The van der Waals surface area contributed by atoms with E-state index in [9.17, 15) is 8.42 Å². The van der Waals surface area contributed by atoms with Crippen molar-refractivity contribution in [3.63, 3.8) is 0 Å². The molecular weight excluding hydrogens is 388 g/mol. The van der Waals surface area contributed by atoms with E-state index < -0.39 is 10.1 Å². The zero-order chi connectivity index (χ0) is 19.7. The summed E-state index contributed by atoms with van der Waals surface area (Å²) in [7, 11) is -3.67. The van der Waals surface area contributed by atoms with E-state index >= 15 is 0 Å². The normalized spacial score (nSPS) is 15.0. The highest BCUT2D eigenvalue weighted by molar-refractivity contribution is 7.85. The van der Waals surface area contributed by atoms with Crippen molar-refractivity contribution in [2.45, 2.75) is 25.8 Å².